The molecule has 1 unspecified atom stereocenters. The van der Waals surface area contributed by atoms with Gasteiger partial charge in [-0.1, -0.05) is 18.2 Å². The van der Waals surface area contributed by atoms with Crippen LogP contribution in [-0.2, 0) is 6.42 Å². The van der Waals surface area contributed by atoms with Crippen LogP contribution in [0.2, 0.25) is 0 Å². The standard InChI is InChI=1S/C9H10S2/c10-9-6-5-7-3-1-2-4-8(7)11-9/h1-4,9-10H,5-6H2. The van der Waals surface area contributed by atoms with Crippen LogP contribution in [0, 0.1) is 0 Å². The average molecular weight is 182 g/mol. The molecule has 1 aromatic carbocycles. The molecule has 1 atom stereocenters. The van der Waals surface area contributed by atoms with Crippen LogP contribution in [0.4, 0.5) is 0 Å². The molecule has 0 saturated carbocycles. The fourth-order valence-corrected chi connectivity index (χ4v) is 2.79. The van der Waals surface area contributed by atoms with Crippen LogP contribution < -0.4 is 0 Å². The zero-order valence-electron chi connectivity index (χ0n) is 6.16. The fourth-order valence-electron chi connectivity index (χ4n) is 1.31. The first kappa shape index (κ1) is 7.56. The van der Waals surface area contributed by atoms with Gasteiger partial charge in [0.2, 0.25) is 0 Å². The van der Waals surface area contributed by atoms with Crippen molar-refractivity contribution in [2.24, 2.45) is 0 Å². The van der Waals surface area contributed by atoms with Crippen molar-refractivity contribution in [2.45, 2.75) is 22.3 Å². The molecule has 0 spiro atoms. The van der Waals surface area contributed by atoms with Crippen molar-refractivity contribution in [3.63, 3.8) is 0 Å². The van der Waals surface area contributed by atoms with Gasteiger partial charge in [-0.2, -0.15) is 12.6 Å². The second-order valence-electron chi connectivity index (χ2n) is 2.72. The molecule has 1 heterocycles. The molecule has 0 N–H and O–H groups in total. The third-order valence-corrected chi connectivity index (χ3v) is 3.63. The van der Waals surface area contributed by atoms with Crippen LogP contribution in [-0.4, -0.2) is 4.58 Å². The van der Waals surface area contributed by atoms with Crippen molar-refractivity contribution in [3.05, 3.63) is 29.8 Å². The summed E-state index contributed by atoms with van der Waals surface area (Å²) in [4.78, 5) is 1.42. The van der Waals surface area contributed by atoms with E-state index in [1.807, 2.05) is 11.8 Å². The van der Waals surface area contributed by atoms with Crippen molar-refractivity contribution >= 4 is 24.4 Å². The van der Waals surface area contributed by atoms with E-state index in [1.165, 1.54) is 23.3 Å². The lowest BCUT2D eigenvalue weighted by atomic mass is 10.1. The van der Waals surface area contributed by atoms with Crippen molar-refractivity contribution in [2.75, 3.05) is 0 Å². The van der Waals surface area contributed by atoms with Crippen LogP contribution in [0.5, 0.6) is 0 Å². The van der Waals surface area contributed by atoms with Gasteiger partial charge in [-0.15, -0.1) is 11.8 Å². The van der Waals surface area contributed by atoms with Crippen LogP contribution in [0.15, 0.2) is 29.2 Å². The number of hydrogen-bond acceptors (Lipinski definition) is 2. The first-order chi connectivity index (χ1) is 5.36. The van der Waals surface area contributed by atoms with E-state index in [4.69, 9.17) is 0 Å². The van der Waals surface area contributed by atoms with Gasteiger partial charge in [-0.25, -0.2) is 0 Å². The second kappa shape index (κ2) is 3.11. The SMILES string of the molecule is SC1CCc2ccccc2S1. The second-order valence-corrected chi connectivity index (χ2v) is 4.94. The minimum Gasteiger partial charge on any atom is -0.165 e. The van der Waals surface area contributed by atoms with Crippen molar-refractivity contribution in [1.82, 2.24) is 0 Å². The Kier molecular flexibility index (Phi) is 2.14. The van der Waals surface area contributed by atoms with Crippen LogP contribution in [0.25, 0.3) is 0 Å². The first-order valence-corrected chi connectivity index (χ1v) is 5.18. The lowest BCUT2D eigenvalue weighted by Crippen LogP contribution is -2.03. The zero-order valence-corrected chi connectivity index (χ0v) is 7.87. The Labute approximate surface area is 76.8 Å². The van der Waals surface area contributed by atoms with Crippen LogP contribution in [0.1, 0.15) is 12.0 Å². The molecule has 2 heteroatoms. The molecule has 0 radical (unpaired) electrons. The fraction of sp³-hybridized carbons (Fsp3) is 0.333. The van der Waals surface area contributed by atoms with E-state index in [0.29, 0.717) is 4.58 Å². The summed E-state index contributed by atoms with van der Waals surface area (Å²) in [7, 11) is 0. The molecule has 1 aromatic rings. The molecule has 0 aromatic heterocycles. The minimum absolute atomic E-state index is 0.505. The Balaban J connectivity index is 2.34. The average Bonchev–Trinajstić information content (AvgIpc) is 2.04. The van der Waals surface area contributed by atoms with E-state index in [0.717, 1.165) is 0 Å². The Bertz CT molecular complexity index is 257. The molecule has 0 amide bonds. The van der Waals surface area contributed by atoms with E-state index < -0.39 is 0 Å². The van der Waals surface area contributed by atoms with E-state index >= 15 is 0 Å². The number of rotatable bonds is 0. The molecule has 0 nitrogen and oxygen atoms in total. The van der Waals surface area contributed by atoms with Gasteiger partial charge in [0.15, 0.2) is 0 Å². The summed E-state index contributed by atoms with van der Waals surface area (Å²) in [6, 6.07) is 8.60. The normalized spacial score (nSPS) is 22.8. The number of thiol groups is 1. The van der Waals surface area contributed by atoms with Gasteiger partial charge < -0.3 is 0 Å². The van der Waals surface area contributed by atoms with Crippen LogP contribution in [0.3, 0.4) is 0 Å². The van der Waals surface area contributed by atoms with Gasteiger partial charge in [-0.05, 0) is 24.5 Å². The maximum Gasteiger partial charge on any atom is 0.0522 e. The molecule has 0 saturated heterocycles. The maximum absolute atomic E-state index is 4.45. The number of aryl methyl sites for hydroxylation is 1. The maximum atomic E-state index is 4.45. The van der Waals surface area contributed by atoms with Crippen molar-refractivity contribution in [3.8, 4) is 0 Å². The Hall–Kier alpha value is -0.0800. The predicted octanol–water partition coefficient (Wildman–Crippen LogP) is 2.98. The monoisotopic (exact) mass is 182 g/mol. The molecule has 0 aliphatic carbocycles. The highest BCUT2D eigenvalue weighted by atomic mass is 32.2. The molecule has 58 valence electrons. The molecule has 2 rings (SSSR count). The molecule has 1 aliphatic rings. The summed E-state index contributed by atoms with van der Waals surface area (Å²) in [6.07, 6.45) is 2.39. The van der Waals surface area contributed by atoms with Gasteiger partial charge in [0, 0.05) is 4.90 Å². The van der Waals surface area contributed by atoms with Gasteiger partial charge >= 0.3 is 0 Å². The molecular weight excluding hydrogens is 172 g/mol. The zero-order chi connectivity index (χ0) is 7.68. The number of thioether (sulfide) groups is 1. The third-order valence-electron chi connectivity index (χ3n) is 1.90. The van der Waals surface area contributed by atoms with Gasteiger partial charge in [0.1, 0.15) is 0 Å². The predicted molar refractivity (Wildman–Crippen MR) is 53.4 cm³/mol. The summed E-state index contributed by atoms with van der Waals surface area (Å²) in [5, 5.41) is 0. The lowest BCUT2D eigenvalue weighted by Gasteiger charge is -2.19. The summed E-state index contributed by atoms with van der Waals surface area (Å²) >= 11 is 6.32. The Morgan fingerprint density at radius 2 is 2.18 bits per heavy atom. The van der Waals surface area contributed by atoms with E-state index in [-0.39, 0.29) is 0 Å². The summed E-state index contributed by atoms with van der Waals surface area (Å²) in [6.45, 7) is 0. The number of benzene rings is 1. The van der Waals surface area contributed by atoms with Crippen molar-refractivity contribution in [1.29, 1.82) is 0 Å². The van der Waals surface area contributed by atoms with Gasteiger partial charge in [0.25, 0.3) is 0 Å². The number of hydrogen-bond donors (Lipinski definition) is 1. The Morgan fingerprint density at radius 3 is 3.09 bits per heavy atom. The van der Waals surface area contributed by atoms with Crippen LogP contribution >= 0.6 is 24.4 Å². The third kappa shape index (κ3) is 1.57. The van der Waals surface area contributed by atoms with Gasteiger partial charge in [0.05, 0.1) is 4.58 Å². The minimum atomic E-state index is 0.505. The molecule has 0 fully saturated rings. The highest BCUT2D eigenvalue weighted by Gasteiger charge is 2.14. The van der Waals surface area contributed by atoms with E-state index in [1.54, 1.807) is 0 Å². The largest absolute Gasteiger partial charge is 0.165 e. The van der Waals surface area contributed by atoms with E-state index in [9.17, 15) is 0 Å². The Morgan fingerprint density at radius 1 is 1.36 bits per heavy atom. The number of fused-ring (bicyclic) bond motifs is 1. The molecule has 11 heavy (non-hydrogen) atoms. The summed E-state index contributed by atoms with van der Waals surface area (Å²) in [5.74, 6) is 0. The summed E-state index contributed by atoms with van der Waals surface area (Å²) in [5.41, 5.74) is 1.49. The smallest absolute Gasteiger partial charge is 0.0522 e. The van der Waals surface area contributed by atoms with Crippen molar-refractivity contribution < 1.29 is 0 Å². The molecule has 0 bridgehead atoms. The first-order valence-electron chi connectivity index (χ1n) is 3.79. The topological polar surface area (TPSA) is 0 Å². The molecule has 1 aliphatic heterocycles. The van der Waals surface area contributed by atoms with Gasteiger partial charge in [-0.3, -0.25) is 0 Å². The highest BCUT2D eigenvalue weighted by molar-refractivity contribution is 8.10. The quantitative estimate of drug-likeness (QED) is 0.602. The molecular formula is C9H10S2. The summed E-state index contributed by atoms with van der Waals surface area (Å²) < 4.78 is 0.505. The highest BCUT2D eigenvalue weighted by Crippen LogP contribution is 2.36. The lowest BCUT2D eigenvalue weighted by molar-refractivity contribution is 0.866. The van der Waals surface area contributed by atoms with E-state index in [2.05, 4.69) is 36.9 Å².